The molecule has 1 saturated carbocycles. The van der Waals surface area contributed by atoms with Crippen molar-refractivity contribution in [1.29, 1.82) is 0 Å². The first kappa shape index (κ1) is 9.92. The Hall–Kier alpha value is -0.620. The first-order valence-electron chi connectivity index (χ1n) is 4.83. The molecular formula is C11H14FOP. The molecule has 0 bridgehead atoms. The molecule has 0 heterocycles. The van der Waals surface area contributed by atoms with Crippen molar-refractivity contribution in [2.24, 2.45) is 0 Å². The second-order valence-corrected chi connectivity index (χ2v) is 5.10. The van der Waals surface area contributed by atoms with E-state index in [0.717, 1.165) is 12.0 Å². The minimum atomic E-state index is -1.08. The highest BCUT2D eigenvalue weighted by Crippen LogP contribution is 2.47. The number of alkyl halides is 1. The quantitative estimate of drug-likeness (QED) is 0.709. The molecule has 1 fully saturated rings. The topological polar surface area (TPSA) is 20.2 Å². The smallest absolute Gasteiger partial charge is 0.124 e. The summed E-state index contributed by atoms with van der Waals surface area (Å²) in [4.78, 5) is 0. The van der Waals surface area contributed by atoms with Gasteiger partial charge in [-0.05, 0) is 42.9 Å². The summed E-state index contributed by atoms with van der Waals surface area (Å²) < 4.78 is 13.5. The second-order valence-electron chi connectivity index (χ2n) is 4.07. The lowest BCUT2D eigenvalue weighted by atomic mass is 9.98. The van der Waals surface area contributed by atoms with E-state index in [9.17, 15) is 4.39 Å². The molecule has 0 saturated heterocycles. The highest BCUT2D eigenvalue weighted by atomic mass is 31.0. The molecule has 1 aromatic rings. The molecule has 1 aliphatic carbocycles. The summed E-state index contributed by atoms with van der Waals surface area (Å²) in [6, 6.07) is 7.09. The van der Waals surface area contributed by atoms with E-state index < -0.39 is 5.41 Å². The fraction of sp³-hybridized carbons (Fsp3) is 0.455. The Labute approximate surface area is 85.5 Å². The Morgan fingerprint density at radius 1 is 1.36 bits per heavy atom. The summed E-state index contributed by atoms with van der Waals surface area (Å²) in [5.41, 5.74) is 1.13. The normalized spacial score (nSPS) is 32.0. The number of phenolic OH excluding ortho intramolecular Hbond substituents is 1. The minimum Gasteiger partial charge on any atom is -0.508 e. The highest BCUT2D eigenvalue weighted by Gasteiger charge is 2.35. The molecule has 0 radical (unpaired) electrons. The summed E-state index contributed by atoms with van der Waals surface area (Å²) in [5.74, 6) is 0.572. The first-order chi connectivity index (χ1) is 6.57. The van der Waals surface area contributed by atoms with Gasteiger partial charge in [-0.2, -0.15) is 0 Å². The number of hydrogen-bond acceptors (Lipinski definition) is 1. The second kappa shape index (κ2) is 3.51. The summed E-state index contributed by atoms with van der Waals surface area (Å²) in [5, 5.41) is 8.04. The molecule has 3 atom stereocenters. The molecule has 1 aromatic carbocycles. The van der Waals surface area contributed by atoms with Crippen LogP contribution in [0.25, 0.3) is 0 Å². The predicted octanol–water partition coefficient (Wildman–Crippen LogP) is 3.20. The van der Waals surface area contributed by atoms with Gasteiger partial charge in [0.1, 0.15) is 11.2 Å². The van der Waals surface area contributed by atoms with Crippen LogP contribution in [0.15, 0.2) is 24.3 Å². The lowest BCUT2D eigenvalue weighted by Gasteiger charge is -2.13. The maximum atomic E-state index is 13.5. The lowest BCUT2D eigenvalue weighted by Crippen LogP contribution is -2.06. The van der Waals surface area contributed by atoms with Crippen LogP contribution >= 0.6 is 9.24 Å². The Morgan fingerprint density at radius 3 is 2.50 bits per heavy atom. The third-order valence-corrected chi connectivity index (χ3v) is 3.38. The van der Waals surface area contributed by atoms with Crippen molar-refractivity contribution in [1.82, 2.24) is 0 Å². The zero-order chi connectivity index (χ0) is 10.2. The summed E-state index contributed by atoms with van der Waals surface area (Å²) >= 11 is 0. The Bertz CT molecular complexity index is 321. The largest absolute Gasteiger partial charge is 0.508 e. The predicted molar refractivity (Wildman–Crippen MR) is 58.2 cm³/mol. The number of aromatic hydroxyl groups is 1. The van der Waals surface area contributed by atoms with E-state index in [1.54, 1.807) is 12.1 Å². The van der Waals surface area contributed by atoms with Crippen molar-refractivity contribution >= 4 is 9.24 Å². The van der Waals surface area contributed by atoms with E-state index in [1.165, 1.54) is 0 Å². The van der Waals surface area contributed by atoms with Crippen LogP contribution in [0.5, 0.6) is 5.75 Å². The van der Waals surface area contributed by atoms with Gasteiger partial charge in [0.2, 0.25) is 0 Å². The zero-order valence-electron chi connectivity index (χ0n) is 7.91. The molecular weight excluding hydrogens is 198 g/mol. The van der Waals surface area contributed by atoms with Gasteiger partial charge < -0.3 is 5.11 Å². The van der Waals surface area contributed by atoms with Crippen molar-refractivity contribution < 1.29 is 9.50 Å². The van der Waals surface area contributed by atoms with Crippen LogP contribution in [0, 0.1) is 0 Å². The number of hydrogen-bond donors (Lipinski definition) is 1. The molecule has 0 amide bonds. The van der Waals surface area contributed by atoms with E-state index in [4.69, 9.17) is 5.11 Å². The van der Waals surface area contributed by atoms with E-state index >= 15 is 0 Å². The summed E-state index contributed by atoms with van der Waals surface area (Å²) in [7, 11) is 2.30. The van der Waals surface area contributed by atoms with Crippen LogP contribution in [-0.4, -0.2) is 10.5 Å². The van der Waals surface area contributed by atoms with Crippen LogP contribution in [0.2, 0.25) is 0 Å². The van der Waals surface area contributed by atoms with Crippen molar-refractivity contribution in [2.75, 3.05) is 0 Å². The summed E-state index contributed by atoms with van der Waals surface area (Å²) in [6.07, 6.45) is 2.08. The van der Waals surface area contributed by atoms with Gasteiger partial charge in [0.05, 0.1) is 0 Å². The standard InChI is InChI=1S/C11H14FOP/c12-11(14)6-5-9(7-11)8-1-3-10(13)4-2-8/h1-4,9,13H,5-7,14H2. The van der Waals surface area contributed by atoms with Gasteiger partial charge in [0, 0.05) is 0 Å². The number of rotatable bonds is 1. The Kier molecular flexibility index (Phi) is 2.48. The maximum absolute atomic E-state index is 13.5. The summed E-state index contributed by atoms with van der Waals surface area (Å²) in [6.45, 7) is 0. The molecule has 3 unspecified atom stereocenters. The van der Waals surface area contributed by atoms with Crippen molar-refractivity contribution in [3.63, 3.8) is 0 Å². The number of halogens is 1. The maximum Gasteiger partial charge on any atom is 0.124 e. The van der Waals surface area contributed by atoms with Crippen molar-refractivity contribution in [3.8, 4) is 5.75 Å². The average molecular weight is 212 g/mol. The Balaban J connectivity index is 2.14. The average Bonchev–Trinajstić information content (AvgIpc) is 2.47. The highest BCUT2D eigenvalue weighted by molar-refractivity contribution is 7.18. The van der Waals surface area contributed by atoms with Crippen molar-refractivity contribution in [2.45, 2.75) is 30.6 Å². The lowest BCUT2D eigenvalue weighted by molar-refractivity contribution is 0.293. The Morgan fingerprint density at radius 2 is 2.00 bits per heavy atom. The van der Waals surface area contributed by atoms with Gasteiger partial charge >= 0.3 is 0 Å². The van der Waals surface area contributed by atoms with Crippen LogP contribution < -0.4 is 0 Å². The minimum absolute atomic E-state index is 0.268. The van der Waals surface area contributed by atoms with Gasteiger partial charge in [0.25, 0.3) is 0 Å². The molecule has 76 valence electrons. The van der Waals surface area contributed by atoms with Crippen LogP contribution in [0.4, 0.5) is 4.39 Å². The third kappa shape index (κ3) is 2.06. The van der Waals surface area contributed by atoms with Crippen molar-refractivity contribution in [3.05, 3.63) is 29.8 Å². The molecule has 14 heavy (non-hydrogen) atoms. The third-order valence-electron chi connectivity index (χ3n) is 2.86. The zero-order valence-corrected chi connectivity index (χ0v) is 9.07. The van der Waals surface area contributed by atoms with Gasteiger partial charge in [-0.15, -0.1) is 0 Å². The molecule has 1 aliphatic rings. The van der Waals surface area contributed by atoms with Crippen LogP contribution in [-0.2, 0) is 0 Å². The molecule has 0 aromatic heterocycles. The van der Waals surface area contributed by atoms with E-state index in [2.05, 4.69) is 9.24 Å². The molecule has 0 spiro atoms. The fourth-order valence-corrected chi connectivity index (χ4v) is 2.51. The molecule has 3 heteroatoms. The van der Waals surface area contributed by atoms with Gasteiger partial charge in [-0.3, -0.25) is 0 Å². The van der Waals surface area contributed by atoms with Crippen LogP contribution in [0.1, 0.15) is 30.7 Å². The van der Waals surface area contributed by atoms with Gasteiger partial charge in [-0.1, -0.05) is 21.4 Å². The molecule has 1 nitrogen and oxygen atoms in total. The van der Waals surface area contributed by atoms with Crippen LogP contribution in [0.3, 0.4) is 0 Å². The SMILES string of the molecule is Oc1ccc(C2CCC(F)(P)C2)cc1. The number of benzene rings is 1. The molecule has 0 aliphatic heterocycles. The molecule has 1 N–H and O–H groups in total. The van der Waals surface area contributed by atoms with E-state index in [-0.39, 0.29) is 5.75 Å². The fourth-order valence-electron chi connectivity index (χ4n) is 2.06. The number of phenols is 1. The first-order valence-corrected chi connectivity index (χ1v) is 5.41. The van der Waals surface area contributed by atoms with Gasteiger partial charge in [0.15, 0.2) is 0 Å². The van der Waals surface area contributed by atoms with E-state index in [0.29, 0.717) is 18.8 Å². The molecule has 2 rings (SSSR count). The van der Waals surface area contributed by atoms with E-state index in [1.807, 2.05) is 12.1 Å². The van der Waals surface area contributed by atoms with Gasteiger partial charge in [-0.25, -0.2) is 4.39 Å². The monoisotopic (exact) mass is 212 g/mol.